The van der Waals surface area contributed by atoms with E-state index in [-0.39, 0.29) is 17.8 Å². The molecule has 1 saturated heterocycles. The molecular formula is C7H10INO3. The van der Waals surface area contributed by atoms with Crippen LogP contribution in [0.5, 0.6) is 0 Å². The van der Waals surface area contributed by atoms with Crippen LogP contribution in [-0.2, 0) is 9.47 Å². The second kappa shape index (κ2) is 2.73. The lowest BCUT2D eigenvalue weighted by molar-refractivity contribution is -0.106. The smallest absolute Gasteiger partial charge is 0.419 e. The first-order valence-electron chi connectivity index (χ1n) is 3.84. The lowest BCUT2D eigenvalue weighted by Crippen LogP contribution is -2.50. The Balaban J connectivity index is 1.96. The van der Waals surface area contributed by atoms with Crippen molar-refractivity contribution in [2.75, 3.05) is 13.7 Å². The lowest BCUT2D eigenvalue weighted by atomic mass is 9.77. The molecule has 1 amide bonds. The van der Waals surface area contributed by atoms with Crippen molar-refractivity contribution in [3.05, 3.63) is 0 Å². The Morgan fingerprint density at radius 2 is 2.42 bits per heavy atom. The molecule has 2 fully saturated rings. The van der Waals surface area contributed by atoms with E-state index < -0.39 is 0 Å². The first-order chi connectivity index (χ1) is 5.65. The van der Waals surface area contributed by atoms with Crippen molar-refractivity contribution in [2.24, 2.45) is 0 Å². The number of rotatable bonds is 1. The number of halogens is 1. The Kier molecular flexibility index (Phi) is 1.95. The van der Waals surface area contributed by atoms with Crippen molar-refractivity contribution < 1.29 is 14.3 Å². The summed E-state index contributed by atoms with van der Waals surface area (Å²) in [5.74, 6) is 0. The van der Waals surface area contributed by atoms with Crippen LogP contribution in [0.15, 0.2) is 0 Å². The molecule has 1 heterocycles. The summed E-state index contributed by atoms with van der Waals surface area (Å²) in [6.45, 7) is 0.701. The van der Waals surface area contributed by atoms with Crippen molar-refractivity contribution >= 4 is 29.0 Å². The number of hydrogen-bond acceptors (Lipinski definition) is 3. The molecule has 1 aliphatic carbocycles. The summed E-state index contributed by atoms with van der Waals surface area (Å²) in [6.07, 6.45) is 1.74. The van der Waals surface area contributed by atoms with Crippen molar-refractivity contribution in [3.63, 3.8) is 0 Å². The van der Waals surface area contributed by atoms with E-state index in [1.54, 1.807) is 10.2 Å². The third-order valence-corrected chi connectivity index (χ3v) is 3.20. The van der Waals surface area contributed by atoms with Gasteiger partial charge in [-0.05, 0) is 0 Å². The third kappa shape index (κ3) is 1.19. The van der Waals surface area contributed by atoms with Crippen LogP contribution in [0.4, 0.5) is 4.79 Å². The summed E-state index contributed by atoms with van der Waals surface area (Å²) in [4.78, 5) is 11.0. The fraction of sp³-hybridized carbons (Fsp3) is 0.857. The largest absolute Gasteiger partial charge is 0.440 e. The van der Waals surface area contributed by atoms with Crippen molar-refractivity contribution in [3.8, 4) is 0 Å². The van der Waals surface area contributed by atoms with Crippen LogP contribution in [0.3, 0.4) is 0 Å². The van der Waals surface area contributed by atoms with Gasteiger partial charge in [0.1, 0.15) is 5.60 Å². The monoisotopic (exact) mass is 283 g/mol. The van der Waals surface area contributed by atoms with Crippen molar-refractivity contribution in [2.45, 2.75) is 24.5 Å². The van der Waals surface area contributed by atoms with Gasteiger partial charge in [-0.25, -0.2) is 7.91 Å². The van der Waals surface area contributed by atoms with Crippen LogP contribution >= 0.6 is 22.9 Å². The van der Waals surface area contributed by atoms with E-state index in [0.29, 0.717) is 6.54 Å². The van der Waals surface area contributed by atoms with E-state index in [4.69, 9.17) is 9.47 Å². The number of methoxy groups -OCH3 is 1. The van der Waals surface area contributed by atoms with Gasteiger partial charge in [0.25, 0.3) is 0 Å². The highest BCUT2D eigenvalue weighted by molar-refractivity contribution is 14.1. The highest BCUT2D eigenvalue weighted by atomic mass is 127. The average molecular weight is 283 g/mol. The molecule has 0 atom stereocenters. The van der Waals surface area contributed by atoms with E-state index in [1.807, 2.05) is 22.9 Å². The maximum absolute atomic E-state index is 11.0. The van der Waals surface area contributed by atoms with Gasteiger partial charge in [-0.2, -0.15) is 0 Å². The second-order valence-corrected chi connectivity index (χ2v) is 4.50. The fourth-order valence-corrected chi connectivity index (χ4v) is 2.45. The number of amides is 1. The predicted molar refractivity (Wildman–Crippen MR) is 50.0 cm³/mol. The van der Waals surface area contributed by atoms with Crippen LogP contribution in [0.2, 0.25) is 0 Å². The Hall–Kier alpha value is -0.0400. The summed E-state index contributed by atoms with van der Waals surface area (Å²) < 4.78 is 11.9. The fourth-order valence-electron chi connectivity index (χ4n) is 1.73. The second-order valence-electron chi connectivity index (χ2n) is 3.34. The molecule has 0 radical (unpaired) electrons. The van der Waals surface area contributed by atoms with Gasteiger partial charge >= 0.3 is 6.09 Å². The summed E-state index contributed by atoms with van der Waals surface area (Å²) in [6, 6.07) is 0. The molecule has 2 rings (SSSR count). The van der Waals surface area contributed by atoms with Gasteiger partial charge in [0, 0.05) is 20.0 Å². The Labute approximate surface area is 84.7 Å². The number of nitrogens with zero attached hydrogens (tertiary/aromatic N) is 1. The molecule has 0 bridgehead atoms. The minimum absolute atomic E-state index is 0.217. The van der Waals surface area contributed by atoms with E-state index in [1.165, 1.54) is 0 Å². The number of carbonyl (C=O) groups excluding carboxylic acids is 1. The predicted octanol–water partition coefficient (Wildman–Crippen LogP) is 1.34. The molecule has 68 valence electrons. The van der Waals surface area contributed by atoms with Crippen LogP contribution in [0, 0.1) is 0 Å². The molecule has 5 heteroatoms. The Bertz CT molecular complexity index is 215. The van der Waals surface area contributed by atoms with E-state index in [9.17, 15) is 4.79 Å². The highest BCUT2D eigenvalue weighted by Gasteiger charge is 2.54. The molecule has 2 aliphatic rings. The molecule has 0 aromatic carbocycles. The maximum atomic E-state index is 11.0. The van der Waals surface area contributed by atoms with Gasteiger partial charge in [0.05, 0.1) is 35.5 Å². The zero-order valence-corrected chi connectivity index (χ0v) is 8.91. The van der Waals surface area contributed by atoms with Crippen LogP contribution in [0.25, 0.3) is 0 Å². The summed E-state index contributed by atoms with van der Waals surface area (Å²) in [5.41, 5.74) is -0.223. The zero-order valence-electron chi connectivity index (χ0n) is 6.75. The number of ether oxygens (including phenoxy) is 2. The number of carbonyl (C=O) groups is 1. The quantitative estimate of drug-likeness (QED) is 0.538. The van der Waals surface area contributed by atoms with Crippen LogP contribution in [0.1, 0.15) is 12.8 Å². The molecule has 0 N–H and O–H groups in total. The summed E-state index contributed by atoms with van der Waals surface area (Å²) in [5, 5.41) is 0. The van der Waals surface area contributed by atoms with Gasteiger partial charge in [0.2, 0.25) is 0 Å². The van der Waals surface area contributed by atoms with Gasteiger partial charge in [0.15, 0.2) is 0 Å². The first kappa shape index (κ1) is 8.55. The van der Waals surface area contributed by atoms with Gasteiger partial charge in [-0.1, -0.05) is 0 Å². The molecule has 4 nitrogen and oxygen atoms in total. The standard InChI is InChI=1S/C7H10INO3/c1-11-5-2-7(3-5)4-9(8)6(10)12-7/h5H,2-4H2,1H3. The molecular weight excluding hydrogens is 273 g/mol. The first-order valence-corrected chi connectivity index (χ1v) is 4.81. The molecule has 0 aromatic rings. The van der Waals surface area contributed by atoms with E-state index in [2.05, 4.69) is 0 Å². The zero-order chi connectivity index (χ0) is 8.77. The minimum Gasteiger partial charge on any atom is -0.440 e. The van der Waals surface area contributed by atoms with E-state index in [0.717, 1.165) is 12.8 Å². The minimum atomic E-state index is -0.223. The Morgan fingerprint density at radius 1 is 1.75 bits per heavy atom. The topological polar surface area (TPSA) is 38.8 Å². The van der Waals surface area contributed by atoms with E-state index >= 15 is 0 Å². The number of hydrogen-bond donors (Lipinski definition) is 0. The van der Waals surface area contributed by atoms with Gasteiger partial charge < -0.3 is 9.47 Å². The molecule has 0 unspecified atom stereocenters. The van der Waals surface area contributed by atoms with Crippen LogP contribution in [-0.4, -0.2) is 34.6 Å². The molecule has 12 heavy (non-hydrogen) atoms. The average Bonchev–Trinajstić information content (AvgIpc) is 2.25. The lowest BCUT2D eigenvalue weighted by Gasteiger charge is -2.41. The highest BCUT2D eigenvalue weighted by Crippen LogP contribution is 2.43. The molecule has 0 aromatic heterocycles. The van der Waals surface area contributed by atoms with Crippen molar-refractivity contribution in [1.29, 1.82) is 0 Å². The summed E-state index contributed by atoms with van der Waals surface area (Å²) >= 11 is 1.98. The maximum Gasteiger partial charge on any atom is 0.419 e. The third-order valence-electron chi connectivity index (χ3n) is 2.46. The molecule has 1 spiro atoms. The SMILES string of the molecule is COC1CC2(C1)CN(I)C(=O)O2. The van der Waals surface area contributed by atoms with Crippen molar-refractivity contribution in [1.82, 2.24) is 3.11 Å². The normalized spacial score (nSPS) is 40.0. The molecule has 1 saturated carbocycles. The summed E-state index contributed by atoms with van der Waals surface area (Å²) in [7, 11) is 1.69. The van der Waals surface area contributed by atoms with Gasteiger partial charge in [-0.15, -0.1) is 0 Å². The Morgan fingerprint density at radius 3 is 2.83 bits per heavy atom. The molecule has 1 aliphatic heterocycles. The van der Waals surface area contributed by atoms with Gasteiger partial charge in [-0.3, -0.25) is 0 Å². The van der Waals surface area contributed by atoms with Crippen LogP contribution < -0.4 is 0 Å².